The molecule has 1 aromatic rings. The summed E-state index contributed by atoms with van der Waals surface area (Å²) in [7, 11) is 1.47. The highest BCUT2D eigenvalue weighted by atomic mass is 16.3. The molecule has 0 saturated carbocycles. The fourth-order valence-electron chi connectivity index (χ4n) is 0.847. The van der Waals surface area contributed by atoms with E-state index in [2.05, 4.69) is 5.32 Å². The Morgan fingerprint density at radius 2 is 2.08 bits per heavy atom. The van der Waals surface area contributed by atoms with E-state index in [0.717, 1.165) is 6.07 Å². The minimum absolute atomic E-state index is 0.0693. The van der Waals surface area contributed by atoms with E-state index < -0.39 is 0 Å². The van der Waals surface area contributed by atoms with Crippen LogP contribution in [-0.2, 0) is 0 Å². The van der Waals surface area contributed by atoms with Crippen molar-refractivity contribution in [1.82, 2.24) is 5.32 Å². The number of nitrogens with one attached hydrogen (secondary N) is 1. The second-order valence-electron chi connectivity index (χ2n) is 2.28. The van der Waals surface area contributed by atoms with Gasteiger partial charge in [0.25, 0.3) is 5.91 Å². The smallest absolute Gasteiger partial charge is 0.254 e. The second kappa shape index (κ2) is 3.13. The van der Waals surface area contributed by atoms with Gasteiger partial charge in [-0.15, -0.1) is 0 Å². The molecule has 0 aliphatic rings. The minimum atomic E-state index is -0.382. The molecule has 4 heteroatoms. The number of hydrogen-bond acceptors (Lipinski definition) is 3. The van der Waals surface area contributed by atoms with Crippen LogP contribution >= 0.6 is 0 Å². The summed E-state index contributed by atoms with van der Waals surface area (Å²) in [5.74, 6) is -0.679. The predicted octanol–water partition coefficient (Wildman–Crippen LogP) is 0.457. The van der Waals surface area contributed by atoms with Gasteiger partial charge in [-0.1, -0.05) is 0 Å². The summed E-state index contributed by atoms with van der Waals surface area (Å²) in [4.78, 5) is 11.0. The molecule has 0 radical (unpaired) electrons. The van der Waals surface area contributed by atoms with E-state index in [0.29, 0.717) is 0 Å². The summed E-state index contributed by atoms with van der Waals surface area (Å²) >= 11 is 0. The van der Waals surface area contributed by atoms with Crippen molar-refractivity contribution in [1.29, 1.82) is 0 Å². The number of phenolic OH excluding ortho intramolecular Hbond substituents is 2. The van der Waals surface area contributed by atoms with E-state index in [9.17, 15) is 9.90 Å². The summed E-state index contributed by atoms with van der Waals surface area (Å²) in [6.07, 6.45) is 0. The van der Waals surface area contributed by atoms with Gasteiger partial charge in [0.05, 0.1) is 5.56 Å². The lowest BCUT2D eigenvalue weighted by Gasteiger charge is -2.02. The normalized spacial score (nSPS) is 9.42. The van der Waals surface area contributed by atoms with Crippen molar-refractivity contribution < 1.29 is 15.0 Å². The molecule has 0 aliphatic carbocycles. The van der Waals surface area contributed by atoms with Gasteiger partial charge >= 0.3 is 0 Å². The summed E-state index contributed by atoms with van der Waals surface area (Å²) in [5, 5.41) is 20.4. The number of benzene rings is 1. The van der Waals surface area contributed by atoms with Crippen LogP contribution in [0.1, 0.15) is 10.4 Å². The molecular formula is C8H9NO3. The first kappa shape index (κ1) is 8.39. The molecule has 12 heavy (non-hydrogen) atoms. The Kier molecular flexibility index (Phi) is 2.19. The average molecular weight is 167 g/mol. The molecule has 0 saturated heterocycles. The summed E-state index contributed by atoms with van der Waals surface area (Å²) in [6, 6.07) is 3.80. The van der Waals surface area contributed by atoms with Crippen molar-refractivity contribution in [2.24, 2.45) is 0 Å². The first-order valence-electron chi connectivity index (χ1n) is 3.39. The fourth-order valence-corrected chi connectivity index (χ4v) is 0.847. The monoisotopic (exact) mass is 167 g/mol. The van der Waals surface area contributed by atoms with Crippen LogP contribution in [0.5, 0.6) is 11.5 Å². The van der Waals surface area contributed by atoms with Gasteiger partial charge in [0.15, 0.2) is 0 Å². The number of rotatable bonds is 1. The van der Waals surface area contributed by atoms with E-state index in [1.807, 2.05) is 0 Å². The number of carbonyl (C=O) groups excluding carboxylic acids is 1. The van der Waals surface area contributed by atoms with Gasteiger partial charge in [0.2, 0.25) is 0 Å². The molecule has 64 valence electrons. The minimum Gasteiger partial charge on any atom is -0.508 e. The second-order valence-corrected chi connectivity index (χ2v) is 2.28. The third-order valence-corrected chi connectivity index (χ3v) is 1.45. The van der Waals surface area contributed by atoms with Crippen LogP contribution in [0.2, 0.25) is 0 Å². The van der Waals surface area contributed by atoms with Crippen LogP contribution in [-0.4, -0.2) is 23.2 Å². The maximum atomic E-state index is 11.0. The molecule has 4 nitrogen and oxygen atoms in total. The highest BCUT2D eigenvalue weighted by Crippen LogP contribution is 2.21. The zero-order chi connectivity index (χ0) is 9.14. The molecule has 0 bridgehead atoms. The SMILES string of the molecule is CNC(=O)c1ccc(O)cc1O. The topological polar surface area (TPSA) is 69.6 Å². The highest BCUT2D eigenvalue weighted by Gasteiger charge is 2.08. The Balaban J connectivity index is 3.09. The van der Waals surface area contributed by atoms with Crippen LogP contribution in [0.15, 0.2) is 18.2 Å². The Hall–Kier alpha value is -1.71. The van der Waals surface area contributed by atoms with Gasteiger partial charge in [-0.25, -0.2) is 0 Å². The molecule has 0 spiro atoms. The quantitative estimate of drug-likeness (QED) is 0.569. The van der Waals surface area contributed by atoms with Crippen LogP contribution in [0.25, 0.3) is 0 Å². The molecule has 0 aromatic heterocycles. The first-order chi connectivity index (χ1) is 5.65. The van der Waals surface area contributed by atoms with Crippen molar-refractivity contribution in [3.05, 3.63) is 23.8 Å². The van der Waals surface area contributed by atoms with Crippen LogP contribution in [0, 0.1) is 0 Å². The maximum absolute atomic E-state index is 11.0. The number of aromatic hydroxyl groups is 2. The molecule has 1 aromatic carbocycles. The van der Waals surface area contributed by atoms with Crippen LogP contribution in [0.3, 0.4) is 0 Å². The average Bonchev–Trinajstić information content (AvgIpc) is 2.03. The zero-order valence-electron chi connectivity index (χ0n) is 6.53. The number of carbonyl (C=O) groups is 1. The van der Waals surface area contributed by atoms with Crippen LogP contribution in [0.4, 0.5) is 0 Å². The molecule has 0 heterocycles. The molecule has 1 amide bonds. The largest absolute Gasteiger partial charge is 0.508 e. The van der Waals surface area contributed by atoms with Gasteiger partial charge in [0.1, 0.15) is 11.5 Å². The lowest BCUT2D eigenvalue weighted by molar-refractivity contribution is 0.0960. The van der Waals surface area contributed by atoms with E-state index in [-0.39, 0.29) is 23.0 Å². The summed E-state index contributed by atoms with van der Waals surface area (Å²) in [5.41, 5.74) is 0.148. The lowest BCUT2D eigenvalue weighted by atomic mass is 10.2. The molecule has 1 rings (SSSR count). The van der Waals surface area contributed by atoms with Crippen molar-refractivity contribution >= 4 is 5.91 Å². The van der Waals surface area contributed by atoms with Gasteiger partial charge in [-0.2, -0.15) is 0 Å². The molecule has 0 fully saturated rings. The fraction of sp³-hybridized carbons (Fsp3) is 0.125. The zero-order valence-corrected chi connectivity index (χ0v) is 6.53. The van der Waals surface area contributed by atoms with E-state index in [1.54, 1.807) is 0 Å². The van der Waals surface area contributed by atoms with E-state index in [1.165, 1.54) is 19.2 Å². The standard InChI is InChI=1S/C8H9NO3/c1-9-8(12)6-3-2-5(10)4-7(6)11/h2-4,10-11H,1H3,(H,9,12). The van der Waals surface area contributed by atoms with Gasteiger partial charge in [-0.05, 0) is 12.1 Å². The Labute approximate surface area is 69.5 Å². The lowest BCUT2D eigenvalue weighted by Crippen LogP contribution is -2.17. The summed E-state index contributed by atoms with van der Waals surface area (Å²) < 4.78 is 0. The van der Waals surface area contributed by atoms with Crippen molar-refractivity contribution in [3.63, 3.8) is 0 Å². The highest BCUT2D eigenvalue weighted by molar-refractivity contribution is 5.96. The van der Waals surface area contributed by atoms with E-state index >= 15 is 0 Å². The van der Waals surface area contributed by atoms with Gasteiger partial charge in [-0.3, -0.25) is 4.79 Å². The third-order valence-electron chi connectivity index (χ3n) is 1.45. The number of amides is 1. The van der Waals surface area contributed by atoms with E-state index in [4.69, 9.17) is 5.11 Å². The van der Waals surface area contributed by atoms with Gasteiger partial charge in [0, 0.05) is 13.1 Å². The Bertz CT molecular complexity index is 309. The maximum Gasteiger partial charge on any atom is 0.254 e. The van der Waals surface area contributed by atoms with Crippen LogP contribution < -0.4 is 5.32 Å². The number of phenols is 2. The first-order valence-corrected chi connectivity index (χ1v) is 3.39. The third kappa shape index (κ3) is 1.47. The predicted molar refractivity (Wildman–Crippen MR) is 43.2 cm³/mol. The number of hydrogen-bond donors (Lipinski definition) is 3. The van der Waals surface area contributed by atoms with Crippen molar-refractivity contribution in [2.45, 2.75) is 0 Å². The Morgan fingerprint density at radius 1 is 1.42 bits per heavy atom. The Morgan fingerprint density at radius 3 is 2.58 bits per heavy atom. The molecule has 0 atom stereocenters. The van der Waals surface area contributed by atoms with Crippen molar-refractivity contribution in [2.75, 3.05) is 7.05 Å². The molecular weight excluding hydrogens is 158 g/mol. The molecule has 0 aliphatic heterocycles. The molecule has 3 N–H and O–H groups in total. The molecule has 0 unspecified atom stereocenters. The summed E-state index contributed by atoms with van der Waals surface area (Å²) in [6.45, 7) is 0. The van der Waals surface area contributed by atoms with Gasteiger partial charge < -0.3 is 15.5 Å². The van der Waals surface area contributed by atoms with Crippen molar-refractivity contribution in [3.8, 4) is 11.5 Å².